The molecule has 0 aromatic carbocycles. The summed E-state index contributed by atoms with van der Waals surface area (Å²) in [6, 6.07) is 0. The fraction of sp³-hybridized carbons (Fsp3) is 0.688. The Balaban J connectivity index is 1.68. The number of rotatable bonds is 2. The molecule has 22 heavy (non-hydrogen) atoms. The molecule has 2 aliphatic heterocycles. The van der Waals surface area contributed by atoms with Gasteiger partial charge in [-0.25, -0.2) is 0 Å². The maximum absolute atomic E-state index is 12.7. The van der Waals surface area contributed by atoms with E-state index in [2.05, 4.69) is 18.9 Å². The van der Waals surface area contributed by atoms with E-state index in [0.29, 0.717) is 24.8 Å². The molecule has 0 unspecified atom stereocenters. The molecule has 2 aliphatic rings. The molecule has 3 heterocycles. The van der Waals surface area contributed by atoms with Crippen molar-refractivity contribution in [3.63, 3.8) is 0 Å². The fourth-order valence-electron chi connectivity index (χ4n) is 3.77. The molecule has 1 aromatic heterocycles. The zero-order chi connectivity index (χ0) is 15.9. The van der Waals surface area contributed by atoms with Crippen LogP contribution in [0.3, 0.4) is 0 Å². The number of nitrogens with zero attached hydrogens (tertiary/aromatic N) is 4. The lowest BCUT2D eigenvalue weighted by Gasteiger charge is -2.36. The number of amides is 2. The van der Waals surface area contributed by atoms with Crippen LogP contribution in [0.4, 0.5) is 5.69 Å². The maximum Gasteiger partial charge on any atom is 0.228 e. The first-order valence-corrected chi connectivity index (χ1v) is 8.02. The van der Waals surface area contributed by atoms with Gasteiger partial charge in [-0.3, -0.25) is 14.3 Å². The topological polar surface area (TPSA) is 58.4 Å². The summed E-state index contributed by atoms with van der Waals surface area (Å²) in [5, 5.41) is 4.10. The Morgan fingerprint density at radius 2 is 1.91 bits per heavy atom. The SMILES string of the molecule is C[C@@H]1C[C@@H](C)CN(C(=O)[C@H]2CC(=O)N(c3cnn(C)c3)C2)C1. The van der Waals surface area contributed by atoms with Crippen molar-refractivity contribution in [2.24, 2.45) is 24.8 Å². The number of likely N-dealkylation sites (tertiary alicyclic amines) is 1. The van der Waals surface area contributed by atoms with Gasteiger partial charge in [-0.1, -0.05) is 13.8 Å². The highest BCUT2D eigenvalue weighted by molar-refractivity contribution is 6.00. The number of piperidine rings is 1. The average molecular weight is 304 g/mol. The van der Waals surface area contributed by atoms with Crippen molar-refractivity contribution < 1.29 is 9.59 Å². The Morgan fingerprint density at radius 3 is 2.50 bits per heavy atom. The standard InChI is InChI=1S/C16H24N4O2/c1-11-4-12(2)8-19(7-11)16(22)13-5-15(21)20(9-13)14-6-17-18(3)10-14/h6,10-13H,4-5,7-9H2,1-3H3/t11-,12-,13+/m1/s1. The highest BCUT2D eigenvalue weighted by Gasteiger charge is 2.39. The van der Waals surface area contributed by atoms with Crippen LogP contribution in [0, 0.1) is 17.8 Å². The average Bonchev–Trinajstić information content (AvgIpc) is 3.03. The first kappa shape index (κ1) is 15.1. The molecular weight excluding hydrogens is 280 g/mol. The minimum Gasteiger partial charge on any atom is -0.342 e. The highest BCUT2D eigenvalue weighted by atomic mass is 16.2. The predicted octanol–water partition coefficient (Wildman–Crippen LogP) is 1.28. The number of hydrogen-bond donors (Lipinski definition) is 0. The number of carbonyl (C=O) groups excluding carboxylic acids is 2. The first-order valence-electron chi connectivity index (χ1n) is 8.02. The van der Waals surface area contributed by atoms with E-state index in [1.54, 1.807) is 15.8 Å². The van der Waals surface area contributed by atoms with Crippen LogP contribution in [0.1, 0.15) is 26.7 Å². The van der Waals surface area contributed by atoms with Crippen LogP contribution < -0.4 is 4.90 Å². The molecule has 120 valence electrons. The highest BCUT2D eigenvalue weighted by Crippen LogP contribution is 2.28. The normalized spacial score (nSPS) is 29.2. The summed E-state index contributed by atoms with van der Waals surface area (Å²) in [7, 11) is 1.82. The minimum atomic E-state index is -0.217. The molecule has 0 saturated carbocycles. The van der Waals surface area contributed by atoms with Crippen molar-refractivity contribution in [1.82, 2.24) is 14.7 Å². The number of aryl methyl sites for hydroxylation is 1. The zero-order valence-corrected chi connectivity index (χ0v) is 13.5. The van der Waals surface area contributed by atoms with Crippen molar-refractivity contribution in [2.75, 3.05) is 24.5 Å². The second-order valence-electron chi connectivity index (χ2n) is 6.97. The van der Waals surface area contributed by atoms with Gasteiger partial charge >= 0.3 is 0 Å². The van der Waals surface area contributed by atoms with Gasteiger partial charge in [-0.2, -0.15) is 5.10 Å². The molecule has 2 amide bonds. The number of carbonyl (C=O) groups is 2. The second kappa shape index (κ2) is 5.74. The summed E-state index contributed by atoms with van der Waals surface area (Å²) in [6.07, 6.45) is 4.98. The summed E-state index contributed by atoms with van der Waals surface area (Å²) >= 11 is 0. The van der Waals surface area contributed by atoms with E-state index in [9.17, 15) is 9.59 Å². The lowest BCUT2D eigenvalue weighted by molar-refractivity contribution is -0.138. The molecule has 3 atom stereocenters. The van der Waals surface area contributed by atoms with E-state index in [4.69, 9.17) is 0 Å². The van der Waals surface area contributed by atoms with Crippen molar-refractivity contribution in [3.05, 3.63) is 12.4 Å². The van der Waals surface area contributed by atoms with Crippen molar-refractivity contribution in [1.29, 1.82) is 0 Å². The third-order valence-corrected chi connectivity index (χ3v) is 4.66. The van der Waals surface area contributed by atoms with Gasteiger partial charge in [0.15, 0.2) is 0 Å². The monoisotopic (exact) mass is 304 g/mol. The largest absolute Gasteiger partial charge is 0.342 e. The van der Waals surface area contributed by atoms with E-state index >= 15 is 0 Å². The minimum absolute atomic E-state index is 0.0180. The Kier molecular flexibility index (Phi) is 3.93. The van der Waals surface area contributed by atoms with Gasteiger partial charge in [0.2, 0.25) is 11.8 Å². The molecule has 0 bridgehead atoms. The molecule has 0 spiro atoms. The van der Waals surface area contributed by atoms with Gasteiger partial charge in [0.05, 0.1) is 17.8 Å². The zero-order valence-electron chi connectivity index (χ0n) is 13.5. The molecular formula is C16H24N4O2. The van der Waals surface area contributed by atoms with Gasteiger partial charge in [0.1, 0.15) is 0 Å². The Morgan fingerprint density at radius 1 is 1.23 bits per heavy atom. The maximum atomic E-state index is 12.7. The van der Waals surface area contributed by atoms with Crippen LogP contribution in [0.2, 0.25) is 0 Å². The molecule has 1 aromatic rings. The van der Waals surface area contributed by atoms with Crippen LogP contribution in [0.5, 0.6) is 0 Å². The van der Waals surface area contributed by atoms with Crippen molar-refractivity contribution >= 4 is 17.5 Å². The van der Waals surface area contributed by atoms with Crippen LogP contribution in [0.15, 0.2) is 12.4 Å². The molecule has 6 heteroatoms. The fourth-order valence-corrected chi connectivity index (χ4v) is 3.77. The summed E-state index contributed by atoms with van der Waals surface area (Å²) in [5.41, 5.74) is 0.781. The summed E-state index contributed by atoms with van der Waals surface area (Å²) in [4.78, 5) is 28.6. The Labute approximate surface area is 131 Å². The van der Waals surface area contributed by atoms with E-state index in [1.165, 1.54) is 6.42 Å². The third kappa shape index (κ3) is 2.87. The summed E-state index contributed by atoms with van der Waals surface area (Å²) in [6.45, 7) is 6.50. The van der Waals surface area contributed by atoms with Crippen LogP contribution in [-0.2, 0) is 16.6 Å². The molecule has 3 rings (SSSR count). The Hall–Kier alpha value is -1.85. The molecule has 2 saturated heterocycles. The van der Waals surface area contributed by atoms with Gasteiger partial charge in [0.25, 0.3) is 0 Å². The molecule has 0 radical (unpaired) electrons. The summed E-state index contributed by atoms with van der Waals surface area (Å²) in [5.74, 6) is 1.02. The van der Waals surface area contributed by atoms with Gasteiger partial charge in [-0.05, 0) is 18.3 Å². The quantitative estimate of drug-likeness (QED) is 0.827. The number of anilines is 1. The number of hydrogen-bond acceptors (Lipinski definition) is 3. The number of aromatic nitrogens is 2. The first-order chi connectivity index (χ1) is 10.4. The lowest BCUT2D eigenvalue weighted by atomic mass is 9.91. The van der Waals surface area contributed by atoms with Crippen molar-refractivity contribution in [2.45, 2.75) is 26.7 Å². The molecule has 0 aliphatic carbocycles. The van der Waals surface area contributed by atoms with Crippen LogP contribution in [-0.4, -0.2) is 46.1 Å². The molecule has 2 fully saturated rings. The Bertz CT molecular complexity index is 572. The smallest absolute Gasteiger partial charge is 0.228 e. The second-order valence-corrected chi connectivity index (χ2v) is 6.97. The van der Waals surface area contributed by atoms with E-state index < -0.39 is 0 Å². The lowest BCUT2D eigenvalue weighted by Crippen LogP contribution is -2.45. The third-order valence-electron chi connectivity index (χ3n) is 4.66. The molecule has 0 N–H and O–H groups in total. The summed E-state index contributed by atoms with van der Waals surface area (Å²) < 4.78 is 1.67. The van der Waals surface area contributed by atoms with Crippen LogP contribution in [0.25, 0.3) is 0 Å². The van der Waals surface area contributed by atoms with Crippen LogP contribution >= 0.6 is 0 Å². The van der Waals surface area contributed by atoms with Gasteiger partial charge in [0, 0.05) is 39.3 Å². The van der Waals surface area contributed by atoms with Gasteiger partial charge < -0.3 is 9.80 Å². The van der Waals surface area contributed by atoms with E-state index in [-0.39, 0.29) is 17.7 Å². The molecule has 6 nitrogen and oxygen atoms in total. The van der Waals surface area contributed by atoms with E-state index in [1.807, 2.05) is 18.1 Å². The van der Waals surface area contributed by atoms with Crippen molar-refractivity contribution in [3.8, 4) is 0 Å². The van der Waals surface area contributed by atoms with E-state index in [0.717, 1.165) is 18.8 Å². The predicted molar refractivity (Wildman–Crippen MR) is 83.2 cm³/mol. The van der Waals surface area contributed by atoms with Gasteiger partial charge in [-0.15, -0.1) is 0 Å².